The lowest BCUT2D eigenvalue weighted by Crippen LogP contribution is -2.40. The van der Waals surface area contributed by atoms with Crippen molar-refractivity contribution in [1.29, 1.82) is 0 Å². The van der Waals surface area contributed by atoms with E-state index in [1.165, 1.54) is 11.8 Å². The first kappa shape index (κ1) is 13.1. The fraction of sp³-hybridized carbons (Fsp3) is 0.250. The van der Waals surface area contributed by atoms with Gasteiger partial charge in [0.1, 0.15) is 0 Å². The van der Waals surface area contributed by atoms with Gasteiger partial charge in [0.05, 0.1) is 0 Å². The molecule has 0 bridgehead atoms. The zero-order valence-electron chi connectivity index (χ0n) is 8.99. The van der Waals surface area contributed by atoms with Gasteiger partial charge in [-0.25, -0.2) is 0 Å². The van der Waals surface area contributed by atoms with Gasteiger partial charge in [-0.3, -0.25) is 4.79 Å². The first-order chi connectivity index (χ1) is 7.46. The van der Waals surface area contributed by atoms with E-state index in [4.69, 9.17) is 23.2 Å². The third kappa shape index (κ3) is 3.26. The van der Waals surface area contributed by atoms with E-state index in [-0.39, 0.29) is 5.91 Å². The highest BCUT2D eigenvalue weighted by Crippen LogP contribution is 2.26. The number of rotatable bonds is 4. The molecule has 0 saturated carbocycles. The molecule has 0 aliphatic carbocycles. The molecule has 1 rings (SSSR count). The van der Waals surface area contributed by atoms with Crippen LogP contribution >= 0.6 is 23.2 Å². The summed E-state index contributed by atoms with van der Waals surface area (Å²) >= 11 is 11.6. The van der Waals surface area contributed by atoms with Gasteiger partial charge in [0.2, 0.25) is 0 Å². The number of anilines is 1. The number of alkyl halides is 2. The third-order valence-electron chi connectivity index (χ3n) is 2.00. The summed E-state index contributed by atoms with van der Waals surface area (Å²) in [7, 11) is 0. The van der Waals surface area contributed by atoms with Gasteiger partial charge in [0.15, 0.2) is 4.33 Å². The van der Waals surface area contributed by atoms with E-state index in [0.29, 0.717) is 6.54 Å². The molecule has 16 heavy (non-hydrogen) atoms. The molecule has 1 aromatic carbocycles. The predicted molar refractivity (Wildman–Crippen MR) is 69.1 cm³/mol. The number of hydrogen-bond donors (Lipinski definition) is 0. The highest BCUT2D eigenvalue weighted by Gasteiger charge is 2.32. The number of hydrogen-bond acceptors (Lipinski definition) is 1. The van der Waals surface area contributed by atoms with E-state index in [9.17, 15) is 4.79 Å². The predicted octanol–water partition coefficient (Wildman–Crippen LogP) is 3.40. The Labute approximate surface area is 105 Å². The average molecular weight is 258 g/mol. The minimum absolute atomic E-state index is 0.359. The Bertz CT molecular complexity index is 370. The maximum absolute atomic E-state index is 12.0. The molecule has 0 aliphatic heterocycles. The quantitative estimate of drug-likeness (QED) is 0.598. The van der Waals surface area contributed by atoms with E-state index in [0.717, 1.165) is 5.69 Å². The second kappa shape index (κ2) is 5.37. The van der Waals surface area contributed by atoms with Crippen LogP contribution in [0.4, 0.5) is 5.69 Å². The van der Waals surface area contributed by atoms with Crippen molar-refractivity contribution in [3.8, 4) is 0 Å². The molecular formula is C12H13Cl2NO. The molecule has 1 aromatic rings. The van der Waals surface area contributed by atoms with E-state index in [1.54, 1.807) is 6.08 Å². The zero-order valence-corrected chi connectivity index (χ0v) is 10.5. The molecule has 0 unspecified atom stereocenters. The summed E-state index contributed by atoms with van der Waals surface area (Å²) in [4.78, 5) is 13.5. The Hall–Kier alpha value is -0.990. The molecule has 0 N–H and O–H groups in total. The van der Waals surface area contributed by atoms with Gasteiger partial charge >= 0.3 is 0 Å². The van der Waals surface area contributed by atoms with E-state index in [1.807, 2.05) is 30.3 Å². The van der Waals surface area contributed by atoms with Crippen LogP contribution in [-0.4, -0.2) is 16.8 Å². The van der Waals surface area contributed by atoms with Crippen LogP contribution in [0.1, 0.15) is 6.92 Å². The first-order valence-corrected chi connectivity index (χ1v) is 5.58. The molecule has 1 amide bonds. The van der Waals surface area contributed by atoms with Crippen LogP contribution < -0.4 is 4.90 Å². The van der Waals surface area contributed by atoms with Gasteiger partial charge in [-0.1, -0.05) is 47.5 Å². The van der Waals surface area contributed by atoms with E-state index >= 15 is 0 Å². The standard InChI is InChI=1S/C12H13Cl2NO/c1-3-9-15(11(16)12(2,13)14)10-7-5-4-6-8-10/h3-8H,1,9H2,2H3. The number of para-hydroxylation sites is 1. The van der Waals surface area contributed by atoms with Crippen molar-refractivity contribution in [3.05, 3.63) is 43.0 Å². The van der Waals surface area contributed by atoms with Crippen LogP contribution in [0, 0.1) is 0 Å². The van der Waals surface area contributed by atoms with Crippen molar-refractivity contribution in [2.24, 2.45) is 0 Å². The number of carbonyl (C=O) groups is 1. The molecule has 0 fully saturated rings. The van der Waals surface area contributed by atoms with E-state index in [2.05, 4.69) is 6.58 Å². The minimum atomic E-state index is -1.43. The molecule has 0 radical (unpaired) electrons. The molecular weight excluding hydrogens is 245 g/mol. The number of nitrogens with zero attached hydrogens (tertiary/aromatic N) is 1. The first-order valence-electron chi connectivity index (χ1n) is 4.82. The topological polar surface area (TPSA) is 20.3 Å². The Morgan fingerprint density at radius 3 is 2.44 bits per heavy atom. The van der Waals surface area contributed by atoms with Crippen molar-refractivity contribution < 1.29 is 4.79 Å². The highest BCUT2D eigenvalue weighted by atomic mass is 35.5. The fourth-order valence-corrected chi connectivity index (χ4v) is 1.48. The largest absolute Gasteiger partial charge is 0.306 e. The molecule has 0 heterocycles. The fourth-order valence-electron chi connectivity index (χ4n) is 1.28. The highest BCUT2D eigenvalue weighted by molar-refractivity contribution is 6.58. The minimum Gasteiger partial charge on any atom is -0.306 e. The van der Waals surface area contributed by atoms with E-state index < -0.39 is 4.33 Å². The second-order valence-corrected chi connectivity index (χ2v) is 5.13. The van der Waals surface area contributed by atoms with Gasteiger partial charge in [-0.15, -0.1) is 6.58 Å². The monoisotopic (exact) mass is 257 g/mol. The maximum Gasteiger partial charge on any atom is 0.263 e. The summed E-state index contributed by atoms with van der Waals surface area (Å²) in [6.07, 6.45) is 1.63. The van der Waals surface area contributed by atoms with Crippen molar-refractivity contribution >= 4 is 34.8 Å². The maximum atomic E-state index is 12.0. The molecule has 86 valence electrons. The molecule has 0 spiro atoms. The SMILES string of the molecule is C=CCN(C(=O)C(C)(Cl)Cl)c1ccccc1. The van der Waals surface area contributed by atoms with Crippen LogP contribution in [0.25, 0.3) is 0 Å². The van der Waals surface area contributed by atoms with Gasteiger partial charge in [0.25, 0.3) is 5.91 Å². The molecule has 0 atom stereocenters. The lowest BCUT2D eigenvalue weighted by Gasteiger charge is -2.25. The summed E-state index contributed by atoms with van der Waals surface area (Å²) in [6, 6.07) is 9.21. The number of amides is 1. The van der Waals surface area contributed by atoms with Crippen molar-refractivity contribution in [2.45, 2.75) is 11.3 Å². The molecule has 0 aromatic heterocycles. The van der Waals surface area contributed by atoms with Crippen molar-refractivity contribution in [3.63, 3.8) is 0 Å². The Morgan fingerprint density at radius 2 is 2.00 bits per heavy atom. The summed E-state index contributed by atoms with van der Waals surface area (Å²) in [6.45, 7) is 5.44. The summed E-state index contributed by atoms with van der Waals surface area (Å²) in [5.41, 5.74) is 0.750. The molecule has 0 aliphatic rings. The normalized spacial score (nSPS) is 10.9. The Morgan fingerprint density at radius 1 is 1.44 bits per heavy atom. The van der Waals surface area contributed by atoms with Crippen LogP contribution in [0.15, 0.2) is 43.0 Å². The summed E-state index contributed by atoms with van der Waals surface area (Å²) in [5.74, 6) is -0.359. The van der Waals surface area contributed by atoms with Gasteiger partial charge in [0, 0.05) is 12.2 Å². The number of benzene rings is 1. The number of carbonyl (C=O) groups excluding carboxylic acids is 1. The van der Waals surface area contributed by atoms with Gasteiger partial charge in [-0.05, 0) is 19.1 Å². The van der Waals surface area contributed by atoms with Crippen LogP contribution in [0.3, 0.4) is 0 Å². The number of halogens is 2. The van der Waals surface area contributed by atoms with Crippen LogP contribution in [0.5, 0.6) is 0 Å². The summed E-state index contributed by atoms with van der Waals surface area (Å²) in [5, 5.41) is 0. The zero-order chi connectivity index (χ0) is 12.2. The van der Waals surface area contributed by atoms with Gasteiger partial charge in [-0.2, -0.15) is 0 Å². The van der Waals surface area contributed by atoms with Crippen LogP contribution in [0.2, 0.25) is 0 Å². The lowest BCUT2D eigenvalue weighted by atomic mass is 10.2. The van der Waals surface area contributed by atoms with Gasteiger partial charge < -0.3 is 4.90 Å². The van der Waals surface area contributed by atoms with Crippen molar-refractivity contribution in [2.75, 3.05) is 11.4 Å². The van der Waals surface area contributed by atoms with Crippen molar-refractivity contribution in [1.82, 2.24) is 0 Å². The Kier molecular flexibility index (Phi) is 4.39. The Balaban J connectivity index is 3.01. The average Bonchev–Trinajstić information content (AvgIpc) is 2.25. The molecule has 0 saturated heterocycles. The smallest absolute Gasteiger partial charge is 0.263 e. The molecule has 2 nitrogen and oxygen atoms in total. The molecule has 4 heteroatoms. The second-order valence-electron chi connectivity index (χ2n) is 3.43. The van der Waals surface area contributed by atoms with Crippen LogP contribution in [-0.2, 0) is 4.79 Å². The summed E-state index contributed by atoms with van der Waals surface area (Å²) < 4.78 is -1.43. The third-order valence-corrected chi connectivity index (χ3v) is 2.32. The lowest BCUT2D eigenvalue weighted by molar-refractivity contribution is -0.118.